The number of hydrogen-bond donors (Lipinski definition) is 2. The van der Waals surface area contributed by atoms with Gasteiger partial charge in [-0.3, -0.25) is 0 Å². The first-order chi connectivity index (χ1) is 7.70. The third-order valence-corrected chi connectivity index (χ3v) is 3.13. The Morgan fingerprint density at radius 3 is 2.81 bits per heavy atom. The standard InChI is InChI=1S/C13H18FNO/c1-9-2-5-11(6-12(9)14)13(8-16)15-7-10-3-4-10/h2,5-6,10,13,15-16H,3-4,7-8H2,1H3. The van der Waals surface area contributed by atoms with Crippen LogP contribution in [0.5, 0.6) is 0 Å². The molecular formula is C13H18FNO. The molecule has 1 aromatic carbocycles. The predicted molar refractivity (Wildman–Crippen MR) is 61.7 cm³/mol. The van der Waals surface area contributed by atoms with E-state index in [1.807, 2.05) is 6.07 Å². The van der Waals surface area contributed by atoms with Crippen molar-refractivity contribution in [3.05, 3.63) is 35.1 Å². The monoisotopic (exact) mass is 223 g/mol. The fraction of sp³-hybridized carbons (Fsp3) is 0.538. The molecule has 1 fully saturated rings. The summed E-state index contributed by atoms with van der Waals surface area (Å²) in [4.78, 5) is 0. The Morgan fingerprint density at radius 1 is 1.50 bits per heavy atom. The van der Waals surface area contributed by atoms with E-state index in [2.05, 4.69) is 5.32 Å². The summed E-state index contributed by atoms with van der Waals surface area (Å²) >= 11 is 0. The maximum atomic E-state index is 13.4. The van der Waals surface area contributed by atoms with Gasteiger partial charge in [0.25, 0.3) is 0 Å². The van der Waals surface area contributed by atoms with Gasteiger partial charge in [0.1, 0.15) is 5.82 Å². The van der Waals surface area contributed by atoms with Crippen LogP contribution in [-0.2, 0) is 0 Å². The lowest BCUT2D eigenvalue weighted by molar-refractivity contribution is 0.243. The Labute approximate surface area is 95.5 Å². The quantitative estimate of drug-likeness (QED) is 0.801. The molecule has 1 saturated carbocycles. The Bertz CT molecular complexity index is 363. The fourth-order valence-electron chi connectivity index (χ4n) is 1.74. The van der Waals surface area contributed by atoms with Gasteiger partial charge in [0.15, 0.2) is 0 Å². The predicted octanol–water partition coefficient (Wildman–Crippen LogP) is 2.17. The SMILES string of the molecule is Cc1ccc(C(CO)NCC2CC2)cc1F. The van der Waals surface area contributed by atoms with Crippen LogP contribution in [0.4, 0.5) is 4.39 Å². The highest BCUT2D eigenvalue weighted by Gasteiger charge is 2.22. The van der Waals surface area contributed by atoms with E-state index in [9.17, 15) is 9.50 Å². The van der Waals surface area contributed by atoms with Gasteiger partial charge in [-0.1, -0.05) is 12.1 Å². The van der Waals surface area contributed by atoms with Crippen LogP contribution in [0.25, 0.3) is 0 Å². The van der Waals surface area contributed by atoms with E-state index in [1.54, 1.807) is 13.0 Å². The van der Waals surface area contributed by atoms with Crippen LogP contribution >= 0.6 is 0 Å². The second-order valence-electron chi connectivity index (χ2n) is 4.60. The van der Waals surface area contributed by atoms with Gasteiger partial charge in [-0.15, -0.1) is 0 Å². The molecule has 0 aliphatic heterocycles. The molecule has 1 aliphatic rings. The average Bonchev–Trinajstić information content (AvgIpc) is 3.08. The molecule has 0 saturated heterocycles. The number of hydrogen-bond acceptors (Lipinski definition) is 2. The summed E-state index contributed by atoms with van der Waals surface area (Å²) in [5.41, 5.74) is 1.47. The van der Waals surface area contributed by atoms with E-state index in [4.69, 9.17) is 0 Å². The molecule has 0 bridgehead atoms. The second kappa shape index (κ2) is 4.93. The molecular weight excluding hydrogens is 205 g/mol. The minimum absolute atomic E-state index is 0.00915. The van der Waals surface area contributed by atoms with Gasteiger partial charge < -0.3 is 10.4 Å². The molecule has 1 aromatic rings. The average molecular weight is 223 g/mol. The van der Waals surface area contributed by atoms with E-state index in [-0.39, 0.29) is 18.5 Å². The molecule has 3 heteroatoms. The number of aryl methyl sites for hydroxylation is 1. The molecule has 1 aliphatic carbocycles. The zero-order valence-electron chi connectivity index (χ0n) is 9.54. The van der Waals surface area contributed by atoms with E-state index in [0.717, 1.165) is 18.0 Å². The highest BCUT2D eigenvalue weighted by molar-refractivity contribution is 5.25. The van der Waals surface area contributed by atoms with Crippen LogP contribution in [0.15, 0.2) is 18.2 Å². The first-order valence-corrected chi connectivity index (χ1v) is 5.81. The Kier molecular flexibility index (Phi) is 3.56. The van der Waals surface area contributed by atoms with E-state index in [1.165, 1.54) is 18.9 Å². The number of rotatable bonds is 5. The second-order valence-corrected chi connectivity index (χ2v) is 4.60. The molecule has 0 spiro atoms. The lowest BCUT2D eigenvalue weighted by Gasteiger charge is -2.17. The van der Waals surface area contributed by atoms with Gasteiger partial charge >= 0.3 is 0 Å². The molecule has 88 valence electrons. The Morgan fingerprint density at radius 2 is 2.25 bits per heavy atom. The normalized spacial score (nSPS) is 17.4. The Balaban J connectivity index is 2.02. The highest BCUT2D eigenvalue weighted by atomic mass is 19.1. The third kappa shape index (κ3) is 2.80. The molecule has 0 amide bonds. The molecule has 1 atom stereocenters. The molecule has 0 radical (unpaired) electrons. The maximum absolute atomic E-state index is 13.4. The van der Waals surface area contributed by atoms with Gasteiger partial charge in [-0.2, -0.15) is 0 Å². The van der Waals surface area contributed by atoms with Crippen molar-refractivity contribution in [2.75, 3.05) is 13.2 Å². The summed E-state index contributed by atoms with van der Waals surface area (Å²) in [5, 5.41) is 12.6. The molecule has 2 rings (SSSR count). The van der Waals surface area contributed by atoms with E-state index < -0.39 is 0 Å². The molecule has 0 heterocycles. The first kappa shape index (κ1) is 11.6. The lowest BCUT2D eigenvalue weighted by atomic mass is 10.1. The molecule has 16 heavy (non-hydrogen) atoms. The van der Waals surface area contributed by atoms with Crippen molar-refractivity contribution in [1.82, 2.24) is 5.32 Å². The van der Waals surface area contributed by atoms with Crippen molar-refractivity contribution < 1.29 is 9.50 Å². The van der Waals surface area contributed by atoms with E-state index in [0.29, 0.717) is 5.56 Å². The van der Waals surface area contributed by atoms with Gasteiger partial charge in [-0.05, 0) is 49.4 Å². The minimum Gasteiger partial charge on any atom is -0.394 e. The summed E-state index contributed by atoms with van der Waals surface area (Å²) in [6.07, 6.45) is 2.54. The molecule has 2 nitrogen and oxygen atoms in total. The van der Waals surface area contributed by atoms with Crippen molar-refractivity contribution in [2.24, 2.45) is 5.92 Å². The van der Waals surface area contributed by atoms with Crippen molar-refractivity contribution in [1.29, 1.82) is 0 Å². The zero-order valence-corrected chi connectivity index (χ0v) is 9.54. The van der Waals surface area contributed by atoms with Gasteiger partial charge in [0.05, 0.1) is 12.6 Å². The van der Waals surface area contributed by atoms with Crippen LogP contribution in [-0.4, -0.2) is 18.3 Å². The molecule has 0 aromatic heterocycles. The summed E-state index contributed by atoms with van der Waals surface area (Å²) in [6, 6.07) is 5.00. The smallest absolute Gasteiger partial charge is 0.126 e. The topological polar surface area (TPSA) is 32.3 Å². The van der Waals surface area contributed by atoms with Crippen LogP contribution < -0.4 is 5.32 Å². The van der Waals surface area contributed by atoms with Crippen LogP contribution in [0.1, 0.15) is 30.0 Å². The molecule has 2 N–H and O–H groups in total. The summed E-state index contributed by atoms with van der Waals surface area (Å²) in [5.74, 6) is 0.550. The molecule has 1 unspecified atom stereocenters. The van der Waals surface area contributed by atoms with Crippen molar-refractivity contribution in [2.45, 2.75) is 25.8 Å². The maximum Gasteiger partial charge on any atom is 0.126 e. The summed E-state index contributed by atoms with van der Waals surface area (Å²) in [6.45, 7) is 2.67. The van der Waals surface area contributed by atoms with Gasteiger partial charge in [0.2, 0.25) is 0 Å². The first-order valence-electron chi connectivity index (χ1n) is 5.81. The number of aliphatic hydroxyl groups excluding tert-OH is 1. The van der Waals surface area contributed by atoms with Crippen LogP contribution in [0.2, 0.25) is 0 Å². The number of halogens is 1. The largest absolute Gasteiger partial charge is 0.394 e. The fourth-order valence-corrected chi connectivity index (χ4v) is 1.74. The van der Waals surface area contributed by atoms with Gasteiger partial charge in [0, 0.05) is 0 Å². The Hall–Kier alpha value is -0.930. The summed E-state index contributed by atoms with van der Waals surface area (Å²) < 4.78 is 13.4. The number of aliphatic hydroxyl groups is 1. The van der Waals surface area contributed by atoms with Crippen LogP contribution in [0.3, 0.4) is 0 Å². The van der Waals surface area contributed by atoms with Crippen molar-refractivity contribution in [3.63, 3.8) is 0 Å². The minimum atomic E-state index is -0.204. The van der Waals surface area contributed by atoms with Crippen molar-refractivity contribution in [3.8, 4) is 0 Å². The van der Waals surface area contributed by atoms with Crippen molar-refractivity contribution >= 4 is 0 Å². The lowest BCUT2D eigenvalue weighted by Crippen LogP contribution is -2.26. The van der Waals surface area contributed by atoms with E-state index >= 15 is 0 Å². The zero-order chi connectivity index (χ0) is 11.5. The number of benzene rings is 1. The van der Waals surface area contributed by atoms with Gasteiger partial charge in [-0.25, -0.2) is 4.39 Å². The summed E-state index contributed by atoms with van der Waals surface area (Å²) in [7, 11) is 0. The van der Waals surface area contributed by atoms with Crippen LogP contribution in [0, 0.1) is 18.7 Å². The third-order valence-electron chi connectivity index (χ3n) is 3.13. The number of nitrogens with one attached hydrogen (secondary N) is 1. The highest BCUT2D eigenvalue weighted by Crippen LogP contribution is 2.28.